The van der Waals surface area contributed by atoms with Crippen molar-refractivity contribution in [3.8, 4) is 23.1 Å². The Hall–Kier alpha value is -3.54. The van der Waals surface area contributed by atoms with E-state index in [0.717, 1.165) is 11.3 Å². The van der Waals surface area contributed by atoms with Crippen molar-refractivity contribution < 1.29 is 19.0 Å². The Bertz CT molecular complexity index is 924. The molecule has 0 saturated carbocycles. The summed E-state index contributed by atoms with van der Waals surface area (Å²) >= 11 is 0. The molecule has 0 saturated heterocycles. The molecule has 1 aromatic heterocycles. The van der Waals surface area contributed by atoms with Crippen molar-refractivity contribution in [2.45, 2.75) is 20.4 Å². The van der Waals surface area contributed by atoms with E-state index in [9.17, 15) is 4.79 Å². The monoisotopic (exact) mass is 392 g/mol. The molecule has 0 aliphatic rings. The molecule has 0 bridgehead atoms. The van der Waals surface area contributed by atoms with E-state index in [-0.39, 0.29) is 5.91 Å². The molecule has 0 aliphatic carbocycles. The summed E-state index contributed by atoms with van der Waals surface area (Å²) in [6.07, 6.45) is 1.68. The van der Waals surface area contributed by atoms with Gasteiger partial charge in [0, 0.05) is 24.4 Å². The topological polar surface area (TPSA) is 69.7 Å². The molecule has 2 aromatic carbocycles. The lowest BCUT2D eigenvalue weighted by atomic mass is 10.2. The van der Waals surface area contributed by atoms with Crippen molar-refractivity contribution in [1.29, 1.82) is 0 Å². The van der Waals surface area contributed by atoms with Gasteiger partial charge in [-0.1, -0.05) is 18.2 Å². The van der Waals surface area contributed by atoms with E-state index in [2.05, 4.69) is 10.3 Å². The summed E-state index contributed by atoms with van der Waals surface area (Å²) in [5, 5.41) is 2.88. The largest absolute Gasteiger partial charge is 0.494 e. The average Bonchev–Trinajstić information content (AvgIpc) is 2.75. The number of pyridine rings is 1. The van der Waals surface area contributed by atoms with Gasteiger partial charge in [-0.15, -0.1) is 0 Å². The first-order valence-electron chi connectivity index (χ1n) is 9.55. The zero-order valence-corrected chi connectivity index (χ0v) is 16.6. The third kappa shape index (κ3) is 5.72. The SMILES string of the molecule is CCOc1ccc(C(=O)NCc2ccc(Oc3ccccc3OCC)nc2)cc1. The molecule has 150 valence electrons. The Balaban J connectivity index is 1.56. The fraction of sp³-hybridized carbons (Fsp3) is 0.217. The highest BCUT2D eigenvalue weighted by molar-refractivity contribution is 5.94. The second-order valence-corrected chi connectivity index (χ2v) is 6.13. The zero-order valence-electron chi connectivity index (χ0n) is 16.6. The van der Waals surface area contributed by atoms with E-state index < -0.39 is 0 Å². The number of carbonyl (C=O) groups excluding carboxylic acids is 1. The summed E-state index contributed by atoms with van der Waals surface area (Å²) in [5.74, 6) is 2.33. The third-order valence-electron chi connectivity index (χ3n) is 4.04. The lowest BCUT2D eigenvalue weighted by molar-refractivity contribution is 0.0951. The number of hydrogen-bond acceptors (Lipinski definition) is 5. The molecular formula is C23H24N2O4. The Morgan fingerprint density at radius 1 is 0.897 bits per heavy atom. The molecule has 0 radical (unpaired) electrons. The number of benzene rings is 2. The highest BCUT2D eigenvalue weighted by atomic mass is 16.5. The summed E-state index contributed by atoms with van der Waals surface area (Å²) in [6.45, 7) is 5.36. The van der Waals surface area contributed by atoms with Gasteiger partial charge in [0.2, 0.25) is 5.88 Å². The van der Waals surface area contributed by atoms with Gasteiger partial charge in [0.05, 0.1) is 13.2 Å². The van der Waals surface area contributed by atoms with Crippen molar-refractivity contribution in [3.63, 3.8) is 0 Å². The van der Waals surface area contributed by atoms with Crippen LogP contribution in [0.3, 0.4) is 0 Å². The molecule has 0 fully saturated rings. The minimum atomic E-state index is -0.154. The number of nitrogens with zero attached hydrogens (tertiary/aromatic N) is 1. The number of hydrogen-bond donors (Lipinski definition) is 1. The number of amides is 1. The van der Waals surface area contributed by atoms with Crippen LogP contribution in [0.1, 0.15) is 29.8 Å². The van der Waals surface area contributed by atoms with Crippen LogP contribution in [0.2, 0.25) is 0 Å². The first kappa shape index (κ1) is 20.2. The van der Waals surface area contributed by atoms with E-state index >= 15 is 0 Å². The summed E-state index contributed by atoms with van der Waals surface area (Å²) in [5.41, 5.74) is 1.45. The predicted octanol–water partition coefficient (Wildman–Crippen LogP) is 4.60. The van der Waals surface area contributed by atoms with Gasteiger partial charge in [-0.05, 0) is 55.8 Å². The number of carbonyl (C=O) groups is 1. The van der Waals surface area contributed by atoms with Crippen LogP contribution in [-0.4, -0.2) is 24.1 Å². The lowest BCUT2D eigenvalue weighted by Crippen LogP contribution is -2.22. The van der Waals surface area contributed by atoms with Crippen LogP contribution in [0, 0.1) is 0 Å². The predicted molar refractivity (Wildman–Crippen MR) is 111 cm³/mol. The van der Waals surface area contributed by atoms with E-state index in [1.807, 2.05) is 44.2 Å². The minimum absolute atomic E-state index is 0.154. The standard InChI is InChI=1S/C23H24N2O4/c1-3-27-19-12-10-18(11-13-19)23(26)25-16-17-9-14-22(24-15-17)29-21-8-6-5-7-20(21)28-4-2/h5-15H,3-4,16H2,1-2H3,(H,25,26). The normalized spacial score (nSPS) is 10.3. The Labute approximate surface area is 170 Å². The van der Waals surface area contributed by atoms with E-state index in [4.69, 9.17) is 14.2 Å². The maximum atomic E-state index is 12.3. The molecule has 1 amide bonds. The fourth-order valence-electron chi connectivity index (χ4n) is 2.65. The van der Waals surface area contributed by atoms with Gasteiger partial charge in [-0.2, -0.15) is 0 Å². The second-order valence-electron chi connectivity index (χ2n) is 6.13. The number of nitrogens with one attached hydrogen (secondary N) is 1. The van der Waals surface area contributed by atoms with Gasteiger partial charge >= 0.3 is 0 Å². The van der Waals surface area contributed by atoms with Crippen LogP contribution >= 0.6 is 0 Å². The van der Waals surface area contributed by atoms with E-state index in [1.165, 1.54) is 0 Å². The van der Waals surface area contributed by atoms with Crippen molar-refractivity contribution in [1.82, 2.24) is 10.3 Å². The van der Waals surface area contributed by atoms with Crippen molar-refractivity contribution in [2.24, 2.45) is 0 Å². The highest BCUT2D eigenvalue weighted by Gasteiger charge is 2.08. The van der Waals surface area contributed by atoms with Crippen LogP contribution in [0.25, 0.3) is 0 Å². The van der Waals surface area contributed by atoms with Gasteiger partial charge in [0.1, 0.15) is 5.75 Å². The zero-order chi connectivity index (χ0) is 20.5. The van der Waals surface area contributed by atoms with Crippen LogP contribution in [0.5, 0.6) is 23.1 Å². The van der Waals surface area contributed by atoms with Gasteiger partial charge in [-0.3, -0.25) is 4.79 Å². The highest BCUT2D eigenvalue weighted by Crippen LogP contribution is 2.30. The van der Waals surface area contributed by atoms with Gasteiger partial charge < -0.3 is 19.5 Å². The molecule has 0 unspecified atom stereocenters. The Morgan fingerprint density at radius 2 is 1.62 bits per heavy atom. The van der Waals surface area contributed by atoms with Gasteiger partial charge in [0.15, 0.2) is 11.5 Å². The van der Waals surface area contributed by atoms with Crippen molar-refractivity contribution in [2.75, 3.05) is 13.2 Å². The third-order valence-corrected chi connectivity index (χ3v) is 4.04. The molecule has 29 heavy (non-hydrogen) atoms. The number of aromatic nitrogens is 1. The first-order chi connectivity index (χ1) is 14.2. The molecule has 6 heteroatoms. The smallest absolute Gasteiger partial charge is 0.251 e. The minimum Gasteiger partial charge on any atom is -0.494 e. The molecule has 3 aromatic rings. The van der Waals surface area contributed by atoms with Crippen molar-refractivity contribution >= 4 is 5.91 Å². The number of rotatable bonds is 9. The molecule has 0 spiro atoms. The summed E-state index contributed by atoms with van der Waals surface area (Å²) in [6, 6.07) is 18.1. The Kier molecular flexibility index (Phi) is 7.05. The quantitative estimate of drug-likeness (QED) is 0.576. The second kappa shape index (κ2) is 10.1. The first-order valence-corrected chi connectivity index (χ1v) is 9.55. The summed E-state index contributed by atoms with van der Waals surface area (Å²) in [7, 11) is 0. The molecule has 0 aliphatic heterocycles. The molecule has 6 nitrogen and oxygen atoms in total. The summed E-state index contributed by atoms with van der Waals surface area (Å²) in [4.78, 5) is 16.6. The van der Waals surface area contributed by atoms with Gasteiger partial charge in [0.25, 0.3) is 5.91 Å². The average molecular weight is 392 g/mol. The maximum Gasteiger partial charge on any atom is 0.251 e. The van der Waals surface area contributed by atoms with E-state index in [1.54, 1.807) is 36.5 Å². The van der Waals surface area contributed by atoms with Gasteiger partial charge in [-0.25, -0.2) is 4.98 Å². The van der Waals surface area contributed by atoms with Crippen LogP contribution in [0.15, 0.2) is 66.9 Å². The fourth-order valence-corrected chi connectivity index (χ4v) is 2.65. The molecule has 1 heterocycles. The number of ether oxygens (including phenoxy) is 3. The molecule has 0 atom stereocenters. The molecular weight excluding hydrogens is 368 g/mol. The number of para-hydroxylation sites is 2. The molecule has 3 rings (SSSR count). The molecule has 1 N–H and O–H groups in total. The lowest BCUT2D eigenvalue weighted by Gasteiger charge is -2.11. The summed E-state index contributed by atoms with van der Waals surface area (Å²) < 4.78 is 16.7. The Morgan fingerprint density at radius 3 is 2.28 bits per heavy atom. The van der Waals surface area contributed by atoms with Crippen LogP contribution < -0.4 is 19.5 Å². The maximum absolute atomic E-state index is 12.3. The van der Waals surface area contributed by atoms with Crippen molar-refractivity contribution in [3.05, 3.63) is 78.0 Å². The van der Waals surface area contributed by atoms with Crippen LogP contribution in [0.4, 0.5) is 0 Å². The van der Waals surface area contributed by atoms with E-state index in [0.29, 0.717) is 42.7 Å². The van der Waals surface area contributed by atoms with Crippen LogP contribution in [-0.2, 0) is 6.54 Å².